The minimum atomic E-state index is -1.34. The number of hydrogen-bond acceptors (Lipinski definition) is 3. The monoisotopic (exact) mass is 277 g/mol. The van der Waals surface area contributed by atoms with E-state index < -0.39 is 12.1 Å². The number of nitrogens with one attached hydrogen (secondary N) is 1. The molecule has 5 heteroatoms. The molecule has 1 rings (SSSR count). The van der Waals surface area contributed by atoms with E-state index in [9.17, 15) is 14.7 Å². The lowest BCUT2D eigenvalue weighted by Gasteiger charge is -2.30. The quantitative estimate of drug-likeness (QED) is 0.759. The molecule has 1 unspecified atom stereocenters. The molecule has 2 amide bonds. The van der Waals surface area contributed by atoms with Gasteiger partial charge >= 0.3 is 0 Å². The summed E-state index contributed by atoms with van der Waals surface area (Å²) in [6, 6.07) is 8.38. The van der Waals surface area contributed by atoms with E-state index in [1.807, 2.05) is 37.3 Å². The fourth-order valence-electron chi connectivity index (χ4n) is 1.82. The molecule has 0 fully saturated rings. The van der Waals surface area contributed by atoms with Crippen molar-refractivity contribution >= 4 is 12.0 Å². The van der Waals surface area contributed by atoms with Crippen LogP contribution in [0.15, 0.2) is 30.3 Å². The highest BCUT2D eigenvalue weighted by atomic mass is 16.4. The number of unbranched alkanes of at least 4 members (excludes halogenated alkanes) is 1. The number of carbonyl (C=O) groups excluding carboxylic acids is 2. The van der Waals surface area contributed by atoms with Gasteiger partial charge in [0.05, 0.1) is 0 Å². The Balaban J connectivity index is 2.65. The minimum Gasteiger partial charge on any atom is -0.530 e. The lowest BCUT2D eigenvalue weighted by Crippen LogP contribution is -2.52. The van der Waals surface area contributed by atoms with E-state index in [1.165, 1.54) is 0 Å². The van der Waals surface area contributed by atoms with Gasteiger partial charge in [-0.05, 0) is 18.9 Å². The summed E-state index contributed by atoms with van der Waals surface area (Å²) in [5, 5.41) is 13.9. The Bertz CT molecular complexity index is 434. The van der Waals surface area contributed by atoms with Crippen LogP contribution < -0.4 is 10.4 Å². The first-order chi connectivity index (χ1) is 9.56. The van der Waals surface area contributed by atoms with E-state index in [4.69, 9.17) is 0 Å². The van der Waals surface area contributed by atoms with Crippen LogP contribution >= 0.6 is 0 Å². The highest BCUT2D eigenvalue weighted by Gasteiger charge is 2.21. The van der Waals surface area contributed by atoms with Gasteiger partial charge in [-0.2, -0.15) is 0 Å². The van der Waals surface area contributed by atoms with Crippen molar-refractivity contribution in [3.63, 3.8) is 0 Å². The van der Waals surface area contributed by atoms with E-state index in [0.717, 1.165) is 23.3 Å². The molecular weight excluding hydrogens is 256 g/mol. The molecule has 0 saturated heterocycles. The number of rotatable bonds is 7. The van der Waals surface area contributed by atoms with Crippen LogP contribution in [0.4, 0.5) is 4.79 Å². The maximum atomic E-state index is 11.9. The Kier molecular flexibility index (Phi) is 6.56. The predicted molar refractivity (Wildman–Crippen MR) is 74.8 cm³/mol. The van der Waals surface area contributed by atoms with Crippen molar-refractivity contribution in [3.05, 3.63) is 35.9 Å². The van der Waals surface area contributed by atoms with Gasteiger partial charge < -0.3 is 20.1 Å². The number of carbonyl (C=O) groups is 2. The first-order valence-electron chi connectivity index (χ1n) is 6.85. The number of amides is 2. The Morgan fingerprint density at radius 1 is 1.30 bits per heavy atom. The van der Waals surface area contributed by atoms with Crippen molar-refractivity contribution in [2.24, 2.45) is 0 Å². The molecule has 0 saturated carbocycles. The molecule has 1 aromatic carbocycles. The molecule has 0 heterocycles. The number of carboxylic acid groups (broad SMARTS) is 1. The zero-order chi connectivity index (χ0) is 15.0. The smallest absolute Gasteiger partial charge is 0.242 e. The summed E-state index contributed by atoms with van der Waals surface area (Å²) in [6.07, 6.45) is 0.512. The minimum absolute atomic E-state index is 0.144. The van der Waals surface area contributed by atoms with E-state index in [2.05, 4.69) is 5.32 Å². The normalized spacial score (nSPS) is 11.7. The third kappa shape index (κ3) is 4.91. The second-order valence-electron chi connectivity index (χ2n) is 4.70. The van der Waals surface area contributed by atoms with Crippen LogP contribution in [0.25, 0.3) is 0 Å². The molecule has 1 atom stereocenters. The summed E-state index contributed by atoms with van der Waals surface area (Å²) >= 11 is 0. The van der Waals surface area contributed by atoms with Crippen LogP contribution in [0.2, 0.25) is 0 Å². The number of nitrogens with zero attached hydrogens (tertiary/aromatic N) is 1. The van der Waals surface area contributed by atoms with Crippen molar-refractivity contribution in [2.75, 3.05) is 6.54 Å². The van der Waals surface area contributed by atoms with Gasteiger partial charge in [0, 0.05) is 13.1 Å². The van der Waals surface area contributed by atoms with E-state index >= 15 is 0 Å². The highest BCUT2D eigenvalue weighted by Crippen LogP contribution is 2.08. The number of benzene rings is 1. The summed E-state index contributed by atoms with van der Waals surface area (Å²) in [7, 11) is 0. The van der Waals surface area contributed by atoms with Gasteiger partial charge in [-0.3, -0.25) is 4.79 Å². The average Bonchev–Trinajstić information content (AvgIpc) is 2.45. The Morgan fingerprint density at radius 3 is 2.50 bits per heavy atom. The molecule has 0 aliphatic carbocycles. The highest BCUT2D eigenvalue weighted by molar-refractivity contribution is 5.84. The van der Waals surface area contributed by atoms with Crippen molar-refractivity contribution in [2.45, 2.75) is 39.3 Å². The summed E-state index contributed by atoms with van der Waals surface area (Å²) < 4.78 is 0. The summed E-state index contributed by atoms with van der Waals surface area (Å²) in [4.78, 5) is 24.2. The van der Waals surface area contributed by atoms with Crippen LogP contribution in [-0.4, -0.2) is 29.5 Å². The Labute approximate surface area is 119 Å². The summed E-state index contributed by atoms with van der Waals surface area (Å²) in [5.74, 6) is -0.293. The molecule has 5 nitrogen and oxygen atoms in total. The van der Waals surface area contributed by atoms with Crippen molar-refractivity contribution < 1.29 is 14.7 Å². The maximum Gasteiger partial charge on any atom is 0.242 e. The van der Waals surface area contributed by atoms with Gasteiger partial charge in [0.25, 0.3) is 0 Å². The van der Waals surface area contributed by atoms with E-state index in [0.29, 0.717) is 6.54 Å². The van der Waals surface area contributed by atoms with Crippen molar-refractivity contribution in [1.82, 2.24) is 10.2 Å². The van der Waals surface area contributed by atoms with Crippen molar-refractivity contribution in [1.29, 1.82) is 0 Å². The third-order valence-corrected chi connectivity index (χ3v) is 3.11. The van der Waals surface area contributed by atoms with Crippen LogP contribution in [0, 0.1) is 0 Å². The van der Waals surface area contributed by atoms with Gasteiger partial charge in [-0.25, -0.2) is 0 Å². The predicted octanol–water partition coefficient (Wildman–Crippen LogP) is 1.14. The SMILES string of the molecule is CCCCNC(=O)C(C)N(Cc1ccccc1)C(=O)[O-]. The molecule has 0 spiro atoms. The topological polar surface area (TPSA) is 72.5 Å². The second kappa shape index (κ2) is 8.19. The molecular formula is C15H21N2O3-. The zero-order valence-corrected chi connectivity index (χ0v) is 12.0. The standard InChI is InChI=1S/C15H22N2O3/c1-3-4-10-16-14(18)12(2)17(15(19)20)11-13-8-6-5-7-9-13/h5-9,12H,3-4,10-11H2,1-2H3,(H,16,18)(H,19,20)/p-1. The van der Waals surface area contributed by atoms with Crippen LogP contribution in [0.3, 0.4) is 0 Å². The fraction of sp³-hybridized carbons (Fsp3) is 0.467. The Hall–Kier alpha value is -2.04. The first-order valence-corrected chi connectivity index (χ1v) is 6.85. The van der Waals surface area contributed by atoms with Crippen LogP contribution in [0.1, 0.15) is 32.3 Å². The lowest BCUT2D eigenvalue weighted by atomic mass is 10.2. The van der Waals surface area contributed by atoms with Crippen molar-refractivity contribution in [3.8, 4) is 0 Å². The molecule has 0 radical (unpaired) electrons. The fourth-order valence-corrected chi connectivity index (χ4v) is 1.82. The largest absolute Gasteiger partial charge is 0.530 e. The second-order valence-corrected chi connectivity index (χ2v) is 4.70. The summed E-state index contributed by atoms with van der Waals surface area (Å²) in [6.45, 7) is 4.30. The van der Waals surface area contributed by atoms with Crippen LogP contribution in [0.5, 0.6) is 0 Å². The first kappa shape index (κ1) is 16.0. The molecule has 0 aromatic heterocycles. The van der Waals surface area contributed by atoms with Gasteiger partial charge in [0.1, 0.15) is 12.1 Å². The number of hydrogen-bond donors (Lipinski definition) is 1. The van der Waals surface area contributed by atoms with E-state index in [1.54, 1.807) is 6.92 Å². The van der Waals surface area contributed by atoms with E-state index in [-0.39, 0.29) is 12.5 Å². The Morgan fingerprint density at radius 2 is 1.95 bits per heavy atom. The lowest BCUT2D eigenvalue weighted by molar-refractivity contribution is -0.268. The maximum absolute atomic E-state index is 11.9. The van der Waals surface area contributed by atoms with Crippen LogP contribution in [-0.2, 0) is 11.3 Å². The molecule has 1 N–H and O–H groups in total. The average molecular weight is 277 g/mol. The third-order valence-electron chi connectivity index (χ3n) is 3.11. The molecule has 0 aliphatic heterocycles. The van der Waals surface area contributed by atoms with Gasteiger partial charge in [0.15, 0.2) is 0 Å². The zero-order valence-electron chi connectivity index (χ0n) is 12.0. The molecule has 1 aromatic rings. The summed E-state index contributed by atoms with van der Waals surface area (Å²) in [5.41, 5.74) is 0.824. The van der Waals surface area contributed by atoms with Gasteiger partial charge in [-0.15, -0.1) is 0 Å². The molecule has 20 heavy (non-hydrogen) atoms. The van der Waals surface area contributed by atoms with Gasteiger partial charge in [0.2, 0.25) is 5.91 Å². The molecule has 0 aliphatic rings. The molecule has 110 valence electrons. The molecule has 0 bridgehead atoms. The van der Waals surface area contributed by atoms with Gasteiger partial charge in [-0.1, -0.05) is 43.7 Å².